The first kappa shape index (κ1) is 24.7. The molecular weight excluding hydrogens is 452 g/mol. The standard InChI is InChI=1S/C26H34N2O5S/c1-3-4-5-20-7-9-22(10-8-20)27-34(30,31)23-11-6-19(2)24(18-23)25(29)28-14-12-21(13-15-28)26-32-16-17-33-26/h6-11,18,21,26-27H,3-5,12-17H2,1-2H3. The molecule has 0 saturated carbocycles. The molecule has 2 aliphatic heterocycles. The lowest BCUT2D eigenvalue weighted by molar-refractivity contribution is -0.0956. The number of piperidine rings is 1. The minimum absolute atomic E-state index is 0.0825. The maximum absolute atomic E-state index is 13.3. The minimum atomic E-state index is -3.82. The van der Waals surface area contributed by atoms with Gasteiger partial charge in [0.25, 0.3) is 15.9 Å². The lowest BCUT2D eigenvalue weighted by Gasteiger charge is -2.34. The van der Waals surface area contributed by atoms with Crippen LogP contribution in [0.25, 0.3) is 0 Å². The minimum Gasteiger partial charge on any atom is -0.350 e. The fourth-order valence-electron chi connectivity index (χ4n) is 4.53. The molecule has 8 heteroatoms. The SMILES string of the molecule is CCCCc1ccc(NS(=O)(=O)c2ccc(C)c(C(=O)N3CCC(C4OCCO4)CC3)c2)cc1. The second-order valence-corrected chi connectivity index (χ2v) is 10.8. The van der Waals surface area contributed by atoms with E-state index in [0.717, 1.165) is 37.7 Å². The number of anilines is 1. The molecule has 0 aromatic heterocycles. The monoisotopic (exact) mass is 486 g/mol. The molecule has 2 aromatic rings. The number of benzene rings is 2. The number of amides is 1. The highest BCUT2D eigenvalue weighted by Crippen LogP contribution is 2.28. The van der Waals surface area contributed by atoms with Gasteiger partial charge in [-0.25, -0.2) is 8.42 Å². The Labute approximate surface area is 202 Å². The Kier molecular flexibility index (Phi) is 7.91. The van der Waals surface area contributed by atoms with Crippen molar-refractivity contribution in [2.45, 2.75) is 57.1 Å². The number of unbranched alkanes of at least 4 members (excludes halogenated alkanes) is 1. The molecule has 0 aliphatic carbocycles. The summed E-state index contributed by atoms with van der Waals surface area (Å²) in [5.41, 5.74) is 2.87. The van der Waals surface area contributed by atoms with Crippen LogP contribution in [0.15, 0.2) is 47.4 Å². The highest BCUT2D eigenvalue weighted by Gasteiger charge is 2.32. The average molecular weight is 487 g/mol. The molecular formula is C26H34N2O5S. The third-order valence-corrected chi connectivity index (χ3v) is 8.01. The lowest BCUT2D eigenvalue weighted by atomic mass is 9.95. The summed E-state index contributed by atoms with van der Waals surface area (Å²) in [6.07, 6.45) is 4.64. The van der Waals surface area contributed by atoms with Gasteiger partial charge in [-0.3, -0.25) is 9.52 Å². The Hall–Kier alpha value is -2.42. The quantitative estimate of drug-likeness (QED) is 0.599. The zero-order valence-corrected chi connectivity index (χ0v) is 20.8. The van der Waals surface area contributed by atoms with E-state index in [9.17, 15) is 13.2 Å². The summed E-state index contributed by atoms with van der Waals surface area (Å²) in [5, 5.41) is 0. The van der Waals surface area contributed by atoms with Crippen LogP contribution >= 0.6 is 0 Å². The molecule has 2 aliphatic rings. The largest absolute Gasteiger partial charge is 0.350 e. The number of rotatable bonds is 8. The molecule has 34 heavy (non-hydrogen) atoms. The number of sulfonamides is 1. The number of ether oxygens (including phenoxy) is 2. The van der Waals surface area contributed by atoms with Gasteiger partial charge in [-0.1, -0.05) is 31.5 Å². The van der Waals surface area contributed by atoms with Gasteiger partial charge in [-0.15, -0.1) is 0 Å². The van der Waals surface area contributed by atoms with Crippen LogP contribution in [0.3, 0.4) is 0 Å². The molecule has 0 atom stereocenters. The maximum Gasteiger partial charge on any atom is 0.261 e. The predicted octanol–water partition coefficient (Wildman–Crippen LogP) is 4.36. The van der Waals surface area contributed by atoms with Crippen molar-refractivity contribution in [1.82, 2.24) is 4.90 Å². The van der Waals surface area contributed by atoms with Gasteiger partial charge in [0.05, 0.1) is 18.1 Å². The van der Waals surface area contributed by atoms with Gasteiger partial charge in [0, 0.05) is 30.3 Å². The van der Waals surface area contributed by atoms with Gasteiger partial charge in [0.2, 0.25) is 0 Å². The Bertz CT molecular complexity index is 1090. The van der Waals surface area contributed by atoms with Crippen molar-refractivity contribution in [3.8, 4) is 0 Å². The van der Waals surface area contributed by atoms with E-state index < -0.39 is 10.0 Å². The van der Waals surface area contributed by atoms with Crippen molar-refractivity contribution in [1.29, 1.82) is 0 Å². The van der Waals surface area contributed by atoms with Gasteiger partial charge >= 0.3 is 0 Å². The van der Waals surface area contributed by atoms with Gasteiger partial charge in [0.1, 0.15) is 0 Å². The number of nitrogens with one attached hydrogen (secondary N) is 1. The number of nitrogens with zero attached hydrogens (tertiary/aromatic N) is 1. The van der Waals surface area contributed by atoms with Crippen LogP contribution in [0.2, 0.25) is 0 Å². The van der Waals surface area contributed by atoms with Crippen LogP contribution < -0.4 is 4.72 Å². The number of carbonyl (C=O) groups excluding carboxylic acids is 1. The molecule has 4 rings (SSSR count). The summed E-state index contributed by atoms with van der Waals surface area (Å²) < 4.78 is 40.0. The van der Waals surface area contributed by atoms with E-state index in [0.29, 0.717) is 37.6 Å². The van der Waals surface area contributed by atoms with E-state index in [2.05, 4.69) is 11.6 Å². The van der Waals surface area contributed by atoms with E-state index in [1.54, 1.807) is 29.2 Å². The topological polar surface area (TPSA) is 84.9 Å². The highest BCUT2D eigenvalue weighted by molar-refractivity contribution is 7.92. The summed E-state index contributed by atoms with van der Waals surface area (Å²) in [4.78, 5) is 15.1. The first-order valence-corrected chi connectivity index (χ1v) is 13.6. The second kappa shape index (κ2) is 10.9. The second-order valence-electron chi connectivity index (χ2n) is 9.12. The zero-order chi connectivity index (χ0) is 24.1. The molecule has 0 bridgehead atoms. The molecule has 7 nitrogen and oxygen atoms in total. The van der Waals surface area contributed by atoms with Gasteiger partial charge in [-0.05, 0) is 68.0 Å². The van der Waals surface area contributed by atoms with E-state index >= 15 is 0 Å². The third kappa shape index (κ3) is 5.79. The Morgan fingerprint density at radius 1 is 1.06 bits per heavy atom. The molecule has 2 heterocycles. The van der Waals surface area contributed by atoms with Crippen LogP contribution in [0.5, 0.6) is 0 Å². The van der Waals surface area contributed by atoms with Crippen LogP contribution in [-0.4, -0.2) is 51.8 Å². The maximum atomic E-state index is 13.3. The summed E-state index contributed by atoms with van der Waals surface area (Å²) >= 11 is 0. The fraction of sp³-hybridized carbons (Fsp3) is 0.500. The predicted molar refractivity (Wildman–Crippen MR) is 131 cm³/mol. The normalized spacial score (nSPS) is 17.8. The Balaban J connectivity index is 1.44. The summed E-state index contributed by atoms with van der Waals surface area (Å²) in [7, 11) is -3.82. The molecule has 1 N–H and O–H groups in total. The molecule has 2 fully saturated rings. The number of hydrogen-bond acceptors (Lipinski definition) is 5. The van der Waals surface area contributed by atoms with E-state index in [-0.39, 0.29) is 23.0 Å². The average Bonchev–Trinajstić information content (AvgIpc) is 3.38. The van der Waals surface area contributed by atoms with Gasteiger partial charge < -0.3 is 14.4 Å². The molecule has 1 amide bonds. The van der Waals surface area contributed by atoms with E-state index in [1.165, 1.54) is 11.6 Å². The van der Waals surface area contributed by atoms with Crippen LogP contribution in [0.1, 0.15) is 54.1 Å². The smallest absolute Gasteiger partial charge is 0.261 e. The lowest BCUT2D eigenvalue weighted by Crippen LogP contribution is -2.41. The van der Waals surface area contributed by atoms with Crippen molar-refractivity contribution in [3.05, 3.63) is 59.2 Å². The van der Waals surface area contributed by atoms with Crippen molar-refractivity contribution in [2.24, 2.45) is 5.92 Å². The van der Waals surface area contributed by atoms with Gasteiger partial charge in [-0.2, -0.15) is 0 Å². The summed E-state index contributed by atoms with van der Waals surface area (Å²) in [6, 6.07) is 12.2. The number of hydrogen-bond donors (Lipinski definition) is 1. The molecule has 184 valence electrons. The van der Waals surface area contributed by atoms with Crippen molar-refractivity contribution >= 4 is 21.6 Å². The zero-order valence-electron chi connectivity index (χ0n) is 20.0. The van der Waals surface area contributed by atoms with E-state index in [4.69, 9.17) is 9.47 Å². The van der Waals surface area contributed by atoms with Crippen LogP contribution in [0, 0.1) is 12.8 Å². The van der Waals surface area contributed by atoms with Crippen LogP contribution in [-0.2, 0) is 25.9 Å². The Morgan fingerprint density at radius 3 is 2.38 bits per heavy atom. The van der Waals surface area contributed by atoms with Gasteiger partial charge in [0.15, 0.2) is 6.29 Å². The molecule has 2 aromatic carbocycles. The summed E-state index contributed by atoms with van der Waals surface area (Å²) in [6.45, 7) is 6.44. The molecule has 2 saturated heterocycles. The molecule has 0 unspecified atom stereocenters. The number of carbonyl (C=O) groups is 1. The molecule has 0 radical (unpaired) electrons. The van der Waals surface area contributed by atoms with Crippen LogP contribution in [0.4, 0.5) is 5.69 Å². The third-order valence-electron chi connectivity index (χ3n) is 6.63. The first-order valence-electron chi connectivity index (χ1n) is 12.1. The number of aryl methyl sites for hydroxylation is 2. The van der Waals surface area contributed by atoms with Crippen molar-refractivity contribution < 1.29 is 22.7 Å². The summed E-state index contributed by atoms with van der Waals surface area (Å²) in [5.74, 6) is 0.151. The Morgan fingerprint density at radius 2 is 1.74 bits per heavy atom. The van der Waals surface area contributed by atoms with E-state index in [1.807, 2.05) is 19.1 Å². The number of likely N-dealkylation sites (tertiary alicyclic amines) is 1. The highest BCUT2D eigenvalue weighted by atomic mass is 32.2. The van der Waals surface area contributed by atoms with Crippen molar-refractivity contribution in [3.63, 3.8) is 0 Å². The fourth-order valence-corrected chi connectivity index (χ4v) is 5.61. The molecule has 0 spiro atoms. The first-order chi connectivity index (χ1) is 16.4. The van der Waals surface area contributed by atoms with Crippen molar-refractivity contribution in [2.75, 3.05) is 31.0 Å².